The molecule has 0 fully saturated rings. The molecule has 1 N–H and O–H groups in total. The van der Waals surface area contributed by atoms with Crippen molar-refractivity contribution in [3.63, 3.8) is 0 Å². The minimum atomic E-state index is 0.132. The molecule has 0 bridgehead atoms. The molecule has 6 heteroatoms. The van der Waals surface area contributed by atoms with E-state index in [2.05, 4.69) is 31.7 Å². The Morgan fingerprint density at radius 2 is 2.10 bits per heavy atom. The van der Waals surface area contributed by atoms with Gasteiger partial charge in [-0.05, 0) is 18.7 Å². The van der Waals surface area contributed by atoms with Crippen LogP contribution in [0.15, 0.2) is 36.8 Å². The van der Waals surface area contributed by atoms with Crippen LogP contribution in [-0.2, 0) is 13.5 Å². The number of likely N-dealkylation sites (N-methyl/N-ethyl adjacent to an activating group) is 1. The predicted octanol–water partition coefficient (Wildman–Crippen LogP) is 1.26. The van der Waals surface area contributed by atoms with E-state index in [9.17, 15) is 0 Å². The lowest BCUT2D eigenvalue weighted by molar-refractivity contribution is 0.586. The number of rotatable bonds is 4. The Hall–Kier alpha value is -2.34. The van der Waals surface area contributed by atoms with Gasteiger partial charge in [-0.2, -0.15) is 0 Å². The van der Waals surface area contributed by atoms with E-state index in [0.717, 1.165) is 28.7 Å². The molecule has 2 heterocycles. The van der Waals surface area contributed by atoms with Crippen LogP contribution in [0.5, 0.6) is 0 Å². The summed E-state index contributed by atoms with van der Waals surface area (Å²) < 4.78 is 1.71. The quantitative estimate of drug-likeness (QED) is 0.771. The Balaban J connectivity index is 1.98. The fourth-order valence-corrected chi connectivity index (χ4v) is 2.36. The molecule has 0 amide bonds. The molecule has 0 aliphatic carbocycles. The molecule has 3 rings (SSSR count). The minimum absolute atomic E-state index is 0.132. The number of fused-ring (bicyclic) bond motifs is 1. The van der Waals surface area contributed by atoms with Gasteiger partial charge in [0, 0.05) is 38.1 Å². The summed E-state index contributed by atoms with van der Waals surface area (Å²) in [6, 6.07) is 6.19. The summed E-state index contributed by atoms with van der Waals surface area (Å²) in [5.74, 6) is 0. The van der Waals surface area contributed by atoms with Gasteiger partial charge in [-0.3, -0.25) is 14.6 Å². The van der Waals surface area contributed by atoms with Gasteiger partial charge in [0.1, 0.15) is 0 Å². The van der Waals surface area contributed by atoms with Crippen molar-refractivity contribution in [2.45, 2.75) is 12.5 Å². The molecule has 1 unspecified atom stereocenters. The maximum atomic E-state index is 4.45. The maximum Gasteiger partial charge on any atom is 0.0934 e. The van der Waals surface area contributed by atoms with Gasteiger partial charge in [-0.1, -0.05) is 17.3 Å². The maximum absolute atomic E-state index is 4.45. The minimum Gasteiger partial charge on any atom is -0.313 e. The molecule has 1 atom stereocenters. The van der Waals surface area contributed by atoms with E-state index in [1.807, 2.05) is 32.4 Å². The van der Waals surface area contributed by atoms with E-state index < -0.39 is 0 Å². The van der Waals surface area contributed by atoms with Gasteiger partial charge in [0.15, 0.2) is 0 Å². The topological polar surface area (TPSA) is 68.5 Å². The Morgan fingerprint density at radius 1 is 1.25 bits per heavy atom. The van der Waals surface area contributed by atoms with E-state index in [1.165, 1.54) is 0 Å². The van der Waals surface area contributed by atoms with Crippen molar-refractivity contribution >= 4 is 11.0 Å². The molecule has 0 spiro atoms. The molecule has 20 heavy (non-hydrogen) atoms. The summed E-state index contributed by atoms with van der Waals surface area (Å²) in [5, 5.41) is 11.4. The second-order valence-electron chi connectivity index (χ2n) is 4.70. The zero-order valence-corrected chi connectivity index (χ0v) is 11.5. The zero-order valence-electron chi connectivity index (χ0n) is 11.5. The lowest BCUT2D eigenvalue weighted by Crippen LogP contribution is -2.19. The van der Waals surface area contributed by atoms with Crippen molar-refractivity contribution in [2.24, 2.45) is 7.05 Å². The van der Waals surface area contributed by atoms with E-state index >= 15 is 0 Å². The number of para-hydroxylation sites is 1. The zero-order chi connectivity index (χ0) is 13.9. The van der Waals surface area contributed by atoms with Crippen molar-refractivity contribution in [1.29, 1.82) is 0 Å². The highest BCUT2D eigenvalue weighted by Gasteiger charge is 2.15. The number of benzene rings is 1. The molecule has 0 saturated heterocycles. The molecule has 0 aliphatic heterocycles. The van der Waals surface area contributed by atoms with Crippen LogP contribution in [0.3, 0.4) is 0 Å². The van der Waals surface area contributed by atoms with Crippen LogP contribution in [0.25, 0.3) is 11.0 Å². The van der Waals surface area contributed by atoms with Gasteiger partial charge in [0.05, 0.1) is 16.7 Å². The van der Waals surface area contributed by atoms with Crippen molar-refractivity contribution in [3.05, 3.63) is 48.0 Å². The number of aromatic nitrogens is 5. The highest BCUT2D eigenvalue weighted by molar-refractivity contribution is 5.78. The average molecular weight is 268 g/mol. The average Bonchev–Trinajstić information content (AvgIpc) is 2.89. The molecule has 6 nitrogen and oxygen atoms in total. The second-order valence-corrected chi connectivity index (χ2v) is 4.70. The van der Waals surface area contributed by atoms with Crippen molar-refractivity contribution in [2.75, 3.05) is 7.05 Å². The van der Waals surface area contributed by atoms with Crippen LogP contribution in [-0.4, -0.2) is 32.0 Å². The van der Waals surface area contributed by atoms with E-state index in [4.69, 9.17) is 0 Å². The summed E-state index contributed by atoms with van der Waals surface area (Å²) in [6.07, 6.45) is 6.13. The number of nitrogens with zero attached hydrogens (tertiary/aromatic N) is 5. The lowest BCUT2D eigenvalue weighted by Gasteiger charge is -2.16. The molecular weight excluding hydrogens is 252 g/mol. The molecular formula is C14H16N6. The molecule has 3 aromatic rings. The molecule has 0 radical (unpaired) electrons. The number of nitrogens with one attached hydrogen (secondary N) is 1. The summed E-state index contributed by atoms with van der Waals surface area (Å²) in [5.41, 5.74) is 3.92. The molecule has 1 aromatic carbocycles. The Morgan fingerprint density at radius 3 is 2.85 bits per heavy atom. The fourth-order valence-electron chi connectivity index (χ4n) is 2.36. The second kappa shape index (κ2) is 5.34. The first-order valence-corrected chi connectivity index (χ1v) is 6.50. The normalized spacial score (nSPS) is 12.7. The van der Waals surface area contributed by atoms with Crippen LogP contribution < -0.4 is 5.32 Å². The van der Waals surface area contributed by atoms with Crippen LogP contribution in [0.1, 0.15) is 17.3 Å². The highest BCUT2D eigenvalue weighted by Crippen LogP contribution is 2.23. The van der Waals surface area contributed by atoms with Gasteiger partial charge in [-0.25, -0.2) is 0 Å². The number of hydrogen-bond donors (Lipinski definition) is 1. The standard InChI is InChI=1S/C14H16N6/c1-15-13(8-10-9-20(2)19-18-10)11-4-3-5-12-14(11)17-7-6-16-12/h3-7,9,13,15H,8H2,1-2H3. The van der Waals surface area contributed by atoms with Crippen LogP contribution in [0.4, 0.5) is 0 Å². The predicted molar refractivity (Wildman–Crippen MR) is 76.0 cm³/mol. The number of aryl methyl sites for hydroxylation is 1. The van der Waals surface area contributed by atoms with Crippen LogP contribution >= 0.6 is 0 Å². The van der Waals surface area contributed by atoms with Gasteiger partial charge in [-0.15, -0.1) is 5.10 Å². The fraction of sp³-hybridized carbons (Fsp3) is 0.286. The monoisotopic (exact) mass is 268 g/mol. The summed E-state index contributed by atoms with van der Waals surface area (Å²) in [4.78, 5) is 8.80. The third kappa shape index (κ3) is 2.37. The van der Waals surface area contributed by atoms with Crippen molar-refractivity contribution in [1.82, 2.24) is 30.3 Å². The third-order valence-corrected chi connectivity index (χ3v) is 3.32. The Bertz CT molecular complexity index is 715. The first kappa shape index (κ1) is 12.7. The van der Waals surface area contributed by atoms with E-state index in [0.29, 0.717) is 0 Å². The van der Waals surface area contributed by atoms with Gasteiger partial charge in [0.25, 0.3) is 0 Å². The summed E-state index contributed by atoms with van der Waals surface area (Å²) in [7, 11) is 3.81. The molecule has 0 aliphatic rings. The van der Waals surface area contributed by atoms with Crippen molar-refractivity contribution < 1.29 is 0 Å². The van der Waals surface area contributed by atoms with Gasteiger partial charge >= 0.3 is 0 Å². The Labute approximate surface area is 116 Å². The third-order valence-electron chi connectivity index (χ3n) is 3.32. The smallest absolute Gasteiger partial charge is 0.0934 e. The van der Waals surface area contributed by atoms with Gasteiger partial charge in [0.2, 0.25) is 0 Å². The first-order chi connectivity index (χ1) is 9.78. The molecule has 2 aromatic heterocycles. The largest absolute Gasteiger partial charge is 0.313 e. The molecule has 0 saturated carbocycles. The van der Waals surface area contributed by atoms with E-state index in [-0.39, 0.29) is 6.04 Å². The van der Waals surface area contributed by atoms with Crippen LogP contribution in [0, 0.1) is 0 Å². The first-order valence-electron chi connectivity index (χ1n) is 6.50. The summed E-state index contributed by atoms with van der Waals surface area (Å²) >= 11 is 0. The lowest BCUT2D eigenvalue weighted by atomic mass is 10.0. The summed E-state index contributed by atoms with van der Waals surface area (Å²) in [6.45, 7) is 0. The SMILES string of the molecule is CNC(Cc1cn(C)nn1)c1cccc2nccnc12. The van der Waals surface area contributed by atoms with Gasteiger partial charge < -0.3 is 5.32 Å². The highest BCUT2D eigenvalue weighted by atomic mass is 15.4. The van der Waals surface area contributed by atoms with Crippen LogP contribution in [0.2, 0.25) is 0 Å². The Kier molecular flexibility index (Phi) is 3.39. The van der Waals surface area contributed by atoms with E-state index in [1.54, 1.807) is 17.1 Å². The van der Waals surface area contributed by atoms with Crippen molar-refractivity contribution in [3.8, 4) is 0 Å². The number of hydrogen-bond acceptors (Lipinski definition) is 5. The molecule has 102 valence electrons.